The molecule has 117 heavy (non-hydrogen) atoms. The minimum atomic E-state index is -0.487. The molecule has 12 aromatic heterocycles. The van der Waals surface area contributed by atoms with E-state index in [9.17, 15) is 38.5 Å². The van der Waals surface area contributed by atoms with E-state index in [1.165, 1.54) is 141 Å². The van der Waals surface area contributed by atoms with Crippen LogP contribution in [0.1, 0.15) is 142 Å². The molecule has 14 rings (SSSR count). The van der Waals surface area contributed by atoms with Gasteiger partial charge in [0.05, 0.1) is 60.9 Å². The lowest BCUT2D eigenvalue weighted by atomic mass is 10.0. The summed E-state index contributed by atoms with van der Waals surface area (Å²) in [7, 11) is 5.85. The first-order valence-corrected chi connectivity index (χ1v) is 39.7. The van der Waals surface area contributed by atoms with Crippen LogP contribution in [0, 0.1) is 97.3 Å². The second-order valence-electron chi connectivity index (χ2n) is 24.6. The molecule has 12 heterocycles. The number of carbonyl (C=O) groups is 2. The number of rotatable bonds is 18. The Balaban J connectivity index is 0.000000160. The number of urea groups is 2. The van der Waals surface area contributed by atoms with Crippen LogP contribution in [0.3, 0.4) is 0 Å². The zero-order chi connectivity index (χ0) is 84.1. The molecule has 4 amide bonds. The van der Waals surface area contributed by atoms with Gasteiger partial charge >= 0.3 is 12.1 Å². The summed E-state index contributed by atoms with van der Waals surface area (Å²) in [5, 5.41) is 79.0. The molecule has 590 valence electrons. The molecule has 39 heteroatoms. The van der Waals surface area contributed by atoms with Crippen LogP contribution in [-0.2, 0) is 9.68 Å². The minimum Gasteiger partial charge on any atom is -0.399 e. The Labute approximate surface area is 693 Å². The van der Waals surface area contributed by atoms with Crippen molar-refractivity contribution in [1.82, 2.24) is 81.3 Å². The SMILES string of the molecule is CC(c1sc(-c2cccnc2)nc1C#N)C1CC1.CC(c1sc(-c2cncc(F)c2)nc1C#N)C1CC1.CNC(=O)N/N=C(\C)c1sc(-c2cccnc2)nc1C#N.CNC(=O)N/N=C(\C)c1sc(-c2cncc(F)c2)nc1C#N.CO/N=C(\C)c1sc(-c2cccnc2)nc1C#N.CO/N=C(\C)c1sc(-c2cncc(F)c2)nc1C#N. The Morgan fingerprint density at radius 1 is 0.410 bits per heavy atom. The first-order chi connectivity index (χ1) is 56.6. The molecule has 2 atom stereocenters. The molecule has 30 nitrogen and oxygen atoms in total. The second-order valence-corrected chi connectivity index (χ2v) is 30.6. The molecule has 2 aliphatic carbocycles. The van der Waals surface area contributed by atoms with E-state index in [1.54, 1.807) is 88.5 Å². The molecule has 0 spiro atoms. The van der Waals surface area contributed by atoms with Gasteiger partial charge < -0.3 is 20.3 Å². The predicted molar refractivity (Wildman–Crippen MR) is 441 cm³/mol. The lowest BCUT2D eigenvalue weighted by molar-refractivity contribution is 0.213. The number of nitrogens with zero attached hydrogens (tertiary/aromatic N) is 22. The normalized spacial score (nSPS) is 12.6. The largest absolute Gasteiger partial charge is 0.399 e. The maximum atomic E-state index is 13.2. The summed E-state index contributed by atoms with van der Waals surface area (Å²) in [5.74, 6) is 0.924. The minimum absolute atomic E-state index is 0.157. The fraction of sp³-hybridized carbons (Fsp3) is 0.231. The number of halogens is 3. The van der Waals surface area contributed by atoms with Crippen molar-refractivity contribution in [3.63, 3.8) is 0 Å². The van der Waals surface area contributed by atoms with E-state index >= 15 is 0 Å². The second kappa shape index (κ2) is 42.9. The van der Waals surface area contributed by atoms with Crippen molar-refractivity contribution in [1.29, 1.82) is 31.6 Å². The van der Waals surface area contributed by atoms with Gasteiger partial charge in [0.25, 0.3) is 0 Å². The van der Waals surface area contributed by atoms with Crippen LogP contribution in [0.2, 0.25) is 0 Å². The summed E-state index contributed by atoms with van der Waals surface area (Å²) in [4.78, 5) is 85.4. The third kappa shape index (κ3) is 24.1. The smallest absolute Gasteiger partial charge is 0.334 e. The summed E-state index contributed by atoms with van der Waals surface area (Å²) >= 11 is 8.26. The van der Waals surface area contributed by atoms with Crippen molar-refractivity contribution in [3.05, 3.63) is 210 Å². The van der Waals surface area contributed by atoms with E-state index in [2.05, 4.69) is 139 Å². The van der Waals surface area contributed by atoms with Crippen LogP contribution in [-0.4, -0.2) is 123 Å². The van der Waals surface area contributed by atoms with Gasteiger partial charge in [-0.2, -0.15) is 41.8 Å². The summed E-state index contributed by atoms with van der Waals surface area (Å²) in [6.45, 7) is 11.2. The molecule has 4 N–H and O–H groups in total. The Hall–Kier alpha value is -13.8. The monoisotopic (exact) mass is 1680 g/mol. The van der Waals surface area contributed by atoms with Crippen molar-refractivity contribution >= 4 is 103 Å². The van der Waals surface area contributed by atoms with Crippen molar-refractivity contribution in [2.24, 2.45) is 32.4 Å². The van der Waals surface area contributed by atoms with E-state index < -0.39 is 23.7 Å². The maximum absolute atomic E-state index is 13.2. The number of aromatic nitrogens is 12. The molecule has 2 aliphatic rings. The topological polar surface area (TPSA) is 448 Å². The van der Waals surface area contributed by atoms with Gasteiger partial charge in [-0.15, -0.1) is 68.0 Å². The zero-order valence-electron chi connectivity index (χ0n) is 63.8. The third-order valence-electron chi connectivity index (χ3n) is 16.4. The van der Waals surface area contributed by atoms with Gasteiger partial charge in [-0.3, -0.25) is 29.9 Å². The molecule has 0 aromatic carbocycles. The van der Waals surface area contributed by atoms with Gasteiger partial charge in [0.2, 0.25) is 0 Å². The number of hydrogen-bond acceptors (Lipinski definition) is 32. The van der Waals surface area contributed by atoms with E-state index in [-0.39, 0.29) is 22.9 Å². The number of carbonyl (C=O) groups excluding carboxylic acids is 2. The summed E-state index contributed by atoms with van der Waals surface area (Å²) in [6, 6.07) is 26.8. The number of thiazole rings is 6. The van der Waals surface area contributed by atoms with Crippen LogP contribution < -0.4 is 21.5 Å². The number of nitriles is 6. The van der Waals surface area contributed by atoms with Gasteiger partial charge in [-0.1, -0.05) is 24.2 Å². The van der Waals surface area contributed by atoms with Crippen LogP contribution >= 0.6 is 68.0 Å². The molecule has 2 fully saturated rings. The van der Waals surface area contributed by atoms with Crippen molar-refractivity contribution < 1.29 is 32.4 Å². The number of hydrogen-bond donors (Lipinski definition) is 4. The van der Waals surface area contributed by atoms with Crippen molar-refractivity contribution in [2.75, 3.05) is 28.3 Å². The number of amides is 4. The van der Waals surface area contributed by atoms with Crippen LogP contribution in [0.25, 0.3) is 63.4 Å². The van der Waals surface area contributed by atoms with Crippen LogP contribution in [0.15, 0.2) is 149 Å². The highest BCUT2D eigenvalue weighted by molar-refractivity contribution is 7.18. The summed E-state index contributed by atoms with van der Waals surface area (Å²) < 4.78 is 39.5. The Bertz CT molecular complexity index is 5880. The van der Waals surface area contributed by atoms with Crippen LogP contribution in [0.4, 0.5) is 22.8 Å². The van der Waals surface area contributed by atoms with Gasteiger partial charge in [-0.05, 0) is 132 Å². The van der Waals surface area contributed by atoms with E-state index in [0.717, 1.165) is 65.8 Å². The number of nitrogens with one attached hydrogen (secondary N) is 4. The predicted octanol–water partition coefficient (Wildman–Crippen LogP) is 16.0. The quantitative estimate of drug-likeness (QED) is 0.0458. The van der Waals surface area contributed by atoms with Gasteiger partial charge in [-0.25, -0.2) is 63.5 Å². The molecular formula is C78H67F3N26O4S6. The fourth-order valence-electron chi connectivity index (χ4n) is 10.3. The lowest BCUT2D eigenvalue weighted by Crippen LogP contribution is -2.29. The highest BCUT2D eigenvalue weighted by Gasteiger charge is 2.34. The van der Waals surface area contributed by atoms with E-state index in [4.69, 9.17) is 20.6 Å². The molecule has 12 aromatic rings. The average molecular weight is 1680 g/mol. The Kier molecular flexibility index (Phi) is 32.0. The van der Waals surface area contributed by atoms with E-state index in [0.29, 0.717) is 109 Å². The van der Waals surface area contributed by atoms with Gasteiger partial charge in [0.15, 0.2) is 34.2 Å². The highest BCUT2D eigenvalue weighted by atomic mass is 32.1. The first-order valence-electron chi connectivity index (χ1n) is 34.8. The van der Waals surface area contributed by atoms with Crippen LogP contribution in [0.5, 0.6) is 0 Å². The molecular weight excluding hydrogens is 1610 g/mol. The summed E-state index contributed by atoms with van der Waals surface area (Å²) in [6.07, 6.45) is 23.2. The Morgan fingerprint density at radius 3 is 0.932 bits per heavy atom. The fourth-order valence-corrected chi connectivity index (χ4v) is 16.3. The lowest BCUT2D eigenvalue weighted by Gasteiger charge is -2.05. The number of pyridine rings is 6. The standard InChI is InChI=1S/C14H12FN3S.C14H13N3S.C13H11FN6OS.C13H12N6OS.C12H9FN4OS.C12H10N4OS/c1-8(9-2-3-9)13-12(5-16)18-14(19-13)10-4-11(15)7-17-6-10;1-9(10-4-5-10)13-12(7-15)17-14(18-13)11-3-2-6-16-8-11;1-7(19-20-13(21)16-2)11-10(4-15)18-12(22-11)8-3-9(14)6-17-5-8;1-8(18-19-13(20)15-2)11-10(6-14)17-12(21-11)9-4-3-5-16-7-9;1-7(17-18-2)11-10(4-14)16-12(19-11)8-3-9(13)6-15-5-8;1-8(16-17-2)11-10(6-13)15-12(18-11)9-4-3-5-14-7-9/h4,6-9H,2-3H2,1H3;2-3,6,8-10H,4-5H2,1H3;3,5-6H,1-2H3,(H2,16,20,21);3-5,7H,1-2H3,(H2,15,19,20);3,5-6H,1-2H3;3-5,7H,1-2H3/b;;19-7+;18-8+;17-7+;16-8+. The summed E-state index contributed by atoms with van der Waals surface area (Å²) in [5.41, 5.74) is 13.2. The first kappa shape index (κ1) is 87.2. The average Bonchev–Trinajstić information content (AvgIpc) is 1.66. The van der Waals surface area contributed by atoms with Gasteiger partial charge in [0.1, 0.15) is 98.1 Å². The maximum Gasteiger partial charge on any atom is 0.334 e. The Morgan fingerprint density at radius 2 is 0.675 bits per heavy atom. The van der Waals surface area contributed by atoms with E-state index in [1.807, 2.05) is 48.5 Å². The molecule has 2 unspecified atom stereocenters. The van der Waals surface area contributed by atoms with Crippen molar-refractivity contribution in [3.8, 4) is 99.8 Å². The molecule has 2 saturated carbocycles. The number of hydrazone groups is 2. The zero-order valence-corrected chi connectivity index (χ0v) is 68.7. The number of oxime groups is 2. The molecule has 0 radical (unpaired) electrons. The third-order valence-corrected chi connectivity index (χ3v) is 23.9. The molecule has 0 saturated heterocycles. The molecule has 0 bridgehead atoms. The van der Waals surface area contributed by atoms with Crippen molar-refractivity contribution in [2.45, 2.75) is 79.1 Å². The molecule has 0 aliphatic heterocycles. The van der Waals surface area contributed by atoms with Gasteiger partial charge in [0, 0.05) is 113 Å². The highest BCUT2D eigenvalue weighted by Crippen LogP contribution is 2.47.